The number of rotatable bonds is 8. The molecule has 0 spiro atoms. The maximum Gasteiger partial charge on any atom is 0.283 e. The zero-order valence-electron chi connectivity index (χ0n) is 20.7. The SMILES string of the molecule is O=[N+]([O-])c1cc([N+](=O)[O-])c([N-][n+]2c(-c3ccccc3)cc(-c3ccccc3)cc2-c2ccccc2)c([N+](=O)[O-])c1. The van der Waals surface area contributed by atoms with Crippen LogP contribution in [-0.4, -0.2) is 14.8 Å². The van der Waals surface area contributed by atoms with Gasteiger partial charge in [-0.15, -0.1) is 0 Å². The molecule has 0 saturated heterocycles. The van der Waals surface area contributed by atoms with Crippen molar-refractivity contribution in [3.8, 4) is 33.6 Å². The van der Waals surface area contributed by atoms with Gasteiger partial charge in [0, 0.05) is 23.3 Å². The molecule has 0 aliphatic carbocycles. The van der Waals surface area contributed by atoms with Crippen LogP contribution in [-0.2, 0) is 0 Å². The van der Waals surface area contributed by atoms with E-state index in [1.54, 1.807) is 0 Å². The van der Waals surface area contributed by atoms with E-state index < -0.39 is 37.5 Å². The molecule has 0 aliphatic heterocycles. The van der Waals surface area contributed by atoms with E-state index in [2.05, 4.69) is 5.43 Å². The Hall–Kier alpha value is -5.97. The summed E-state index contributed by atoms with van der Waals surface area (Å²) in [4.78, 5) is 32.6. The lowest BCUT2D eigenvalue weighted by atomic mass is 9.99. The van der Waals surface area contributed by atoms with Gasteiger partial charge in [-0.2, -0.15) is 0 Å². The molecule has 0 N–H and O–H groups in total. The number of nitrogens with zero attached hydrogens (tertiary/aromatic N) is 5. The Bertz CT molecular complexity index is 1650. The smallest absolute Gasteiger partial charge is 0.283 e. The molecule has 0 radical (unpaired) electrons. The summed E-state index contributed by atoms with van der Waals surface area (Å²) in [6.45, 7) is 0. The Morgan fingerprint density at radius 1 is 0.500 bits per heavy atom. The minimum Gasteiger partial charge on any atom is -0.391 e. The van der Waals surface area contributed by atoms with Crippen LogP contribution >= 0.6 is 0 Å². The number of hydrogen-bond donors (Lipinski definition) is 0. The summed E-state index contributed by atoms with van der Waals surface area (Å²) in [5.41, 5.74) is 5.43. The van der Waals surface area contributed by atoms with Crippen LogP contribution in [0.2, 0.25) is 0 Å². The highest BCUT2D eigenvalue weighted by Crippen LogP contribution is 2.43. The lowest BCUT2D eigenvalue weighted by molar-refractivity contribution is -0.596. The van der Waals surface area contributed by atoms with Crippen molar-refractivity contribution in [2.24, 2.45) is 0 Å². The van der Waals surface area contributed by atoms with Crippen LogP contribution in [0.15, 0.2) is 115 Å². The van der Waals surface area contributed by atoms with E-state index in [0.717, 1.165) is 11.1 Å². The standard InChI is InChI=1S/C29H19N5O6/c35-32(36)24-18-27(33(37)38)29(28(19-24)34(39)40)30-31-25(21-12-6-2-7-13-21)16-23(20-10-4-1-5-11-20)17-26(31)22-14-8-3-9-15-22/h1-19H. The van der Waals surface area contributed by atoms with Crippen molar-refractivity contribution in [2.75, 3.05) is 0 Å². The van der Waals surface area contributed by atoms with Crippen LogP contribution < -0.4 is 4.68 Å². The highest BCUT2D eigenvalue weighted by molar-refractivity contribution is 5.80. The van der Waals surface area contributed by atoms with E-state index in [0.29, 0.717) is 34.6 Å². The van der Waals surface area contributed by atoms with Crippen molar-refractivity contribution >= 4 is 22.7 Å². The number of non-ortho nitro benzene ring substituents is 1. The van der Waals surface area contributed by atoms with Crippen LogP contribution in [0.5, 0.6) is 0 Å². The molecule has 0 bridgehead atoms. The van der Waals surface area contributed by atoms with E-state index in [-0.39, 0.29) is 0 Å². The summed E-state index contributed by atoms with van der Waals surface area (Å²) >= 11 is 0. The molecule has 4 aromatic carbocycles. The Morgan fingerprint density at radius 2 is 0.900 bits per heavy atom. The second-order valence-corrected chi connectivity index (χ2v) is 8.63. The predicted octanol–water partition coefficient (Wildman–Crippen LogP) is 7.17. The fourth-order valence-corrected chi connectivity index (χ4v) is 4.30. The van der Waals surface area contributed by atoms with E-state index in [4.69, 9.17) is 0 Å². The normalized spacial score (nSPS) is 10.6. The van der Waals surface area contributed by atoms with Crippen molar-refractivity contribution in [2.45, 2.75) is 0 Å². The predicted molar refractivity (Wildman–Crippen MR) is 148 cm³/mol. The Morgan fingerprint density at radius 3 is 1.27 bits per heavy atom. The van der Waals surface area contributed by atoms with Crippen LogP contribution in [0.3, 0.4) is 0 Å². The van der Waals surface area contributed by atoms with Crippen molar-refractivity contribution in [1.29, 1.82) is 0 Å². The van der Waals surface area contributed by atoms with Gasteiger partial charge in [0.15, 0.2) is 0 Å². The molecule has 1 aromatic heterocycles. The van der Waals surface area contributed by atoms with Crippen molar-refractivity contribution in [1.82, 2.24) is 0 Å². The maximum absolute atomic E-state index is 12.0. The first-order valence-corrected chi connectivity index (χ1v) is 11.9. The molecule has 0 amide bonds. The van der Waals surface area contributed by atoms with Gasteiger partial charge in [-0.25, -0.2) is 4.68 Å². The summed E-state index contributed by atoms with van der Waals surface area (Å²) in [5.74, 6) is 0. The van der Waals surface area contributed by atoms with Crippen LogP contribution in [0.1, 0.15) is 0 Å². The third kappa shape index (κ3) is 5.07. The molecule has 0 saturated carbocycles. The molecule has 11 heteroatoms. The fourth-order valence-electron chi connectivity index (χ4n) is 4.30. The van der Waals surface area contributed by atoms with Crippen LogP contribution in [0, 0.1) is 30.3 Å². The largest absolute Gasteiger partial charge is 0.391 e. The Kier molecular flexibility index (Phi) is 6.93. The summed E-state index contributed by atoms with van der Waals surface area (Å²) in [5, 5.41) is 35.4. The highest BCUT2D eigenvalue weighted by atomic mass is 16.6. The number of hydrogen-bond acceptors (Lipinski definition) is 6. The fraction of sp³-hybridized carbons (Fsp3) is 0. The minimum atomic E-state index is -0.920. The molecule has 40 heavy (non-hydrogen) atoms. The third-order valence-corrected chi connectivity index (χ3v) is 6.15. The molecule has 0 unspecified atom stereocenters. The number of benzene rings is 4. The highest BCUT2D eigenvalue weighted by Gasteiger charge is 2.29. The number of aromatic nitrogens is 1. The third-order valence-electron chi connectivity index (χ3n) is 6.15. The number of nitro groups is 3. The van der Waals surface area contributed by atoms with Gasteiger partial charge in [-0.3, -0.25) is 30.3 Å². The van der Waals surface area contributed by atoms with Gasteiger partial charge in [0.1, 0.15) is 0 Å². The van der Waals surface area contributed by atoms with Crippen molar-refractivity contribution < 1.29 is 19.4 Å². The van der Waals surface area contributed by atoms with Gasteiger partial charge >= 0.3 is 0 Å². The Labute approximate surface area is 227 Å². The molecule has 0 aliphatic rings. The zero-order valence-corrected chi connectivity index (χ0v) is 20.7. The maximum atomic E-state index is 12.0. The molecule has 11 nitrogen and oxygen atoms in total. The number of nitro benzene ring substituents is 3. The lowest BCUT2D eigenvalue weighted by Gasteiger charge is -2.21. The molecule has 196 valence electrons. The molecular weight excluding hydrogens is 514 g/mol. The molecule has 0 fully saturated rings. The van der Waals surface area contributed by atoms with Gasteiger partial charge in [-0.05, 0) is 35.4 Å². The van der Waals surface area contributed by atoms with Crippen molar-refractivity contribution in [3.63, 3.8) is 0 Å². The van der Waals surface area contributed by atoms with Gasteiger partial charge in [0.25, 0.3) is 17.1 Å². The zero-order chi connectivity index (χ0) is 28.2. The van der Waals surface area contributed by atoms with Gasteiger partial charge in [-0.1, -0.05) is 66.7 Å². The second-order valence-electron chi connectivity index (χ2n) is 8.63. The first-order valence-electron chi connectivity index (χ1n) is 11.9. The van der Waals surface area contributed by atoms with Crippen LogP contribution in [0.25, 0.3) is 39.1 Å². The first kappa shape index (κ1) is 25.7. The lowest BCUT2D eigenvalue weighted by Crippen LogP contribution is -2.34. The van der Waals surface area contributed by atoms with E-state index in [9.17, 15) is 30.3 Å². The van der Waals surface area contributed by atoms with E-state index in [1.165, 1.54) is 4.68 Å². The number of pyridine rings is 1. The summed E-state index contributed by atoms with van der Waals surface area (Å²) in [7, 11) is 0. The van der Waals surface area contributed by atoms with Crippen molar-refractivity contribution in [3.05, 3.63) is 151 Å². The molecule has 5 rings (SSSR count). The molecular formula is C29H19N5O6. The first-order chi connectivity index (χ1) is 19.3. The van der Waals surface area contributed by atoms with Crippen LogP contribution in [0.4, 0.5) is 22.7 Å². The van der Waals surface area contributed by atoms with E-state index in [1.807, 2.05) is 103 Å². The van der Waals surface area contributed by atoms with Gasteiger partial charge in [0.05, 0.1) is 32.6 Å². The Balaban J connectivity index is 1.86. The topological polar surface area (TPSA) is 147 Å². The van der Waals surface area contributed by atoms with E-state index >= 15 is 0 Å². The second kappa shape index (κ2) is 10.8. The molecule has 1 heterocycles. The average molecular weight is 534 g/mol. The van der Waals surface area contributed by atoms with Gasteiger partial charge in [0.2, 0.25) is 11.4 Å². The average Bonchev–Trinajstić information content (AvgIpc) is 2.98. The minimum absolute atomic E-state index is 0.489. The summed E-state index contributed by atoms with van der Waals surface area (Å²) < 4.78 is 1.40. The van der Waals surface area contributed by atoms with Gasteiger partial charge < -0.3 is 5.43 Å². The molecule has 0 atom stereocenters. The monoisotopic (exact) mass is 533 g/mol. The molecule has 5 aromatic rings. The quantitative estimate of drug-likeness (QED) is 0.117. The summed E-state index contributed by atoms with van der Waals surface area (Å²) in [6.07, 6.45) is 0. The summed E-state index contributed by atoms with van der Waals surface area (Å²) in [6, 6.07) is 32.8.